The number of hydrogen-bond acceptors (Lipinski definition) is 5. The van der Waals surface area contributed by atoms with Gasteiger partial charge in [-0.2, -0.15) is 0 Å². The summed E-state index contributed by atoms with van der Waals surface area (Å²) in [6.07, 6.45) is 1.99. The standard InChI is InChI=1S/C13H17N3O2S2.ClH/c1-20-13(19)15-8-6-14(7-9-15)10-11-4-2-3-5-12(11)16(17)18;/h2-5H,6-10H2,1H3;1H. The molecule has 0 amide bonds. The average Bonchev–Trinajstić information content (AvgIpc) is 2.47. The van der Waals surface area contributed by atoms with Crippen LogP contribution in [0.5, 0.6) is 0 Å². The molecule has 0 unspecified atom stereocenters. The normalized spacial score (nSPS) is 15.4. The lowest BCUT2D eigenvalue weighted by Crippen LogP contribution is -2.47. The van der Waals surface area contributed by atoms with E-state index in [4.69, 9.17) is 12.2 Å². The Morgan fingerprint density at radius 3 is 2.52 bits per heavy atom. The molecule has 1 aromatic carbocycles. The Labute approximate surface area is 140 Å². The predicted octanol–water partition coefficient (Wildman–Crippen LogP) is 2.78. The first-order valence-corrected chi connectivity index (χ1v) is 8.02. The van der Waals surface area contributed by atoms with Crippen molar-refractivity contribution < 1.29 is 4.92 Å². The summed E-state index contributed by atoms with van der Waals surface area (Å²) in [5, 5.41) is 11.0. The van der Waals surface area contributed by atoms with Gasteiger partial charge in [0.1, 0.15) is 4.32 Å². The zero-order chi connectivity index (χ0) is 14.5. The molecule has 0 N–H and O–H groups in total. The van der Waals surface area contributed by atoms with Crippen molar-refractivity contribution in [3.63, 3.8) is 0 Å². The summed E-state index contributed by atoms with van der Waals surface area (Å²) in [6.45, 7) is 4.16. The summed E-state index contributed by atoms with van der Waals surface area (Å²) in [5.41, 5.74) is 0.980. The summed E-state index contributed by atoms with van der Waals surface area (Å²) in [5.74, 6) is 0. The summed E-state index contributed by atoms with van der Waals surface area (Å²) >= 11 is 6.87. The molecule has 0 aliphatic carbocycles. The maximum atomic E-state index is 11.0. The van der Waals surface area contributed by atoms with Crippen LogP contribution in [-0.4, -0.2) is 51.5 Å². The van der Waals surface area contributed by atoms with Gasteiger partial charge in [-0.3, -0.25) is 15.0 Å². The average molecular weight is 348 g/mol. The van der Waals surface area contributed by atoms with Crippen LogP contribution in [0.25, 0.3) is 0 Å². The molecule has 1 heterocycles. The molecule has 1 saturated heterocycles. The molecule has 116 valence electrons. The molecule has 21 heavy (non-hydrogen) atoms. The number of thioether (sulfide) groups is 1. The molecule has 0 atom stereocenters. The molecule has 1 aliphatic rings. The number of rotatable bonds is 3. The molecule has 5 nitrogen and oxygen atoms in total. The van der Waals surface area contributed by atoms with Crippen molar-refractivity contribution in [1.29, 1.82) is 0 Å². The van der Waals surface area contributed by atoms with E-state index >= 15 is 0 Å². The van der Waals surface area contributed by atoms with Gasteiger partial charge in [0, 0.05) is 44.4 Å². The Balaban J connectivity index is 0.00000220. The minimum absolute atomic E-state index is 0. The molecule has 0 aromatic heterocycles. The Kier molecular flexibility index (Phi) is 7.37. The highest BCUT2D eigenvalue weighted by atomic mass is 35.5. The van der Waals surface area contributed by atoms with E-state index in [1.165, 1.54) is 0 Å². The monoisotopic (exact) mass is 347 g/mol. The first-order chi connectivity index (χ1) is 9.61. The van der Waals surface area contributed by atoms with Gasteiger partial charge in [-0.1, -0.05) is 30.4 Å². The van der Waals surface area contributed by atoms with Crippen molar-refractivity contribution in [2.75, 3.05) is 32.4 Å². The molecule has 0 bridgehead atoms. The number of halogens is 1. The third-order valence-electron chi connectivity index (χ3n) is 3.39. The van der Waals surface area contributed by atoms with Crippen LogP contribution in [0.3, 0.4) is 0 Å². The Bertz CT molecular complexity index is 508. The summed E-state index contributed by atoms with van der Waals surface area (Å²) < 4.78 is 0.926. The van der Waals surface area contributed by atoms with E-state index in [0.717, 1.165) is 36.1 Å². The second-order valence-corrected chi connectivity index (χ2v) is 6.06. The van der Waals surface area contributed by atoms with E-state index in [2.05, 4.69) is 9.80 Å². The van der Waals surface area contributed by atoms with Crippen LogP contribution in [0.1, 0.15) is 5.56 Å². The SMILES string of the molecule is CSC(=S)N1CCN(Cc2ccccc2[N+](=O)[O-])CC1.Cl. The van der Waals surface area contributed by atoms with Crippen LogP contribution in [0.4, 0.5) is 5.69 Å². The fraction of sp³-hybridized carbons (Fsp3) is 0.462. The van der Waals surface area contributed by atoms with Gasteiger partial charge in [0.15, 0.2) is 0 Å². The van der Waals surface area contributed by atoms with Crippen LogP contribution in [0, 0.1) is 10.1 Å². The van der Waals surface area contributed by atoms with Crippen LogP contribution in [-0.2, 0) is 6.54 Å². The van der Waals surface area contributed by atoms with Crippen molar-refractivity contribution in [3.8, 4) is 0 Å². The fourth-order valence-electron chi connectivity index (χ4n) is 2.28. The number of piperazine rings is 1. The van der Waals surface area contributed by atoms with E-state index in [-0.39, 0.29) is 23.0 Å². The molecule has 1 fully saturated rings. The molecular weight excluding hydrogens is 330 g/mol. The number of thiocarbonyl (C=S) groups is 1. The van der Waals surface area contributed by atoms with Gasteiger partial charge in [-0.25, -0.2) is 0 Å². The van der Waals surface area contributed by atoms with Crippen LogP contribution >= 0.6 is 36.4 Å². The number of nitro benzene ring substituents is 1. The number of benzene rings is 1. The van der Waals surface area contributed by atoms with Crippen molar-refractivity contribution in [3.05, 3.63) is 39.9 Å². The lowest BCUT2D eigenvalue weighted by Gasteiger charge is -2.35. The molecule has 0 radical (unpaired) electrons. The highest BCUT2D eigenvalue weighted by Crippen LogP contribution is 2.20. The summed E-state index contributed by atoms with van der Waals surface area (Å²) in [6, 6.07) is 6.95. The van der Waals surface area contributed by atoms with E-state index in [1.807, 2.05) is 18.4 Å². The highest BCUT2D eigenvalue weighted by molar-refractivity contribution is 8.22. The minimum Gasteiger partial charge on any atom is -0.355 e. The zero-order valence-electron chi connectivity index (χ0n) is 11.7. The second kappa shape index (κ2) is 8.53. The maximum absolute atomic E-state index is 11.0. The zero-order valence-corrected chi connectivity index (χ0v) is 14.2. The van der Waals surface area contributed by atoms with Crippen LogP contribution in [0.2, 0.25) is 0 Å². The Morgan fingerprint density at radius 2 is 1.95 bits per heavy atom. The van der Waals surface area contributed by atoms with Gasteiger partial charge >= 0.3 is 0 Å². The van der Waals surface area contributed by atoms with E-state index in [0.29, 0.717) is 6.54 Å². The molecule has 1 aliphatic heterocycles. The van der Waals surface area contributed by atoms with Crippen LogP contribution in [0.15, 0.2) is 24.3 Å². The molecular formula is C13H18ClN3O2S2. The van der Waals surface area contributed by atoms with E-state index in [9.17, 15) is 10.1 Å². The van der Waals surface area contributed by atoms with Gasteiger partial charge in [0.2, 0.25) is 0 Å². The van der Waals surface area contributed by atoms with Gasteiger partial charge in [-0.15, -0.1) is 24.2 Å². The minimum atomic E-state index is -0.311. The molecule has 8 heteroatoms. The third kappa shape index (κ3) is 4.81. The van der Waals surface area contributed by atoms with Gasteiger partial charge < -0.3 is 4.90 Å². The van der Waals surface area contributed by atoms with E-state index in [1.54, 1.807) is 23.9 Å². The van der Waals surface area contributed by atoms with Crippen molar-refractivity contribution in [2.24, 2.45) is 0 Å². The van der Waals surface area contributed by atoms with Crippen LogP contribution < -0.4 is 0 Å². The number of nitrogens with zero attached hydrogens (tertiary/aromatic N) is 3. The first-order valence-electron chi connectivity index (χ1n) is 6.39. The van der Waals surface area contributed by atoms with E-state index < -0.39 is 0 Å². The smallest absolute Gasteiger partial charge is 0.273 e. The lowest BCUT2D eigenvalue weighted by molar-refractivity contribution is -0.385. The number of nitro groups is 1. The number of hydrogen-bond donors (Lipinski definition) is 0. The largest absolute Gasteiger partial charge is 0.355 e. The molecule has 0 saturated carbocycles. The lowest BCUT2D eigenvalue weighted by atomic mass is 10.1. The molecule has 2 rings (SSSR count). The molecule has 1 aromatic rings. The maximum Gasteiger partial charge on any atom is 0.273 e. The predicted molar refractivity (Wildman–Crippen MR) is 93.3 cm³/mol. The second-order valence-electron chi connectivity index (χ2n) is 4.62. The number of para-hydroxylation sites is 1. The Hall–Kier alpha value is -0.890. The van der Waals surface area contributed by atoms with Crippen molar-refractivity contribution >= 4 is 46.4 Å². The highest BCUT2D eigenvalue weighted by Gasteiger charge is 2.21. The van der Waals surface area contributed by atoms with Gasteiger partial charge in [0.25, 0.3) is 5.69 Å². The van der Waals surface area contributed by atoms with Gasteiger partial charge in [-0.05, 0) is 6.26 Å². The van der Waals surface area contributed by atoms with Crippen molar-refractivity contribution in [1.82, 2.24) is 9.80 Å². The quantitative estimate of drug-likeness (QED) is 0.476. The molecule has 0 spiro atoms. The topological polar surface area (TPSA) is 49.6 Å². The van der Waals surface area contributed by atoms with Gasteiger partial charge in [0.05, 0.1) is 4.92 Å². The first kappa shape index (κ1) is 18.2. The Morgan fingerprint density at radius 1 is 1.33 bits per heavy atom. The fourth-order valence-corrected chi connectivity index (χ4v) is 2.90. The van der Waals surface area contributed by atoms with Crippen molar-refractivity contribution in [2.45, 2.75) is 6.54 Å². The third-order valence-corrected chi connectivity index (χ3v) is 4.75. The summed E-state index contributed by atoms with van der Waals surface area (Å²) in [4.78, 5) is 15.1. The summed E-state index contributed by atoms with van der Waals surface area (Å²) in [7, 11) is 0.